The van der Waals surface area contributed by atoms with E-state index in [9.17, 15) is 9.59 Å². The number of hydrogen-bond acceptors (Lipinski definition) is 2. The van der Waals surface area contributed by atoms with Gasteiger partial charge in [0, 0.05) is 32.7 Å². The molecule has 4 heteroatoms. The van der Waals surface area contributed by atoms with Crippen LogP contribution in [0.15, 0.2) is 24.3 Å². The van der Waals surface area contributed by atoms with E-state index in [1.807, 2.05) is 18.2 Å². The summed E-state index contributed by atoms with van der Waals surface area (Å²) in [6.45, 7) is -0.124. The molecule has 0 N–H and O–H groups in total. The maximum Gasteiger partial charge on any atom is 0.242 e. The van der Waals surface area contributed by atoms with Crippen molar-refractivity contribution in [2.45, 2.75) is 44.3 Å². The third-order valence-corrected chi connectivity index (χ3v) is 4.57. The Morgan fingerprint density at radius 1 is 1.17 bits per heavy atom. The van der Waals surface area contributed by atoms with Crippen molar-refractivity contribution in [1.29, 1.82) is 0 Å². The van der Waals surface area contributed by atoms with Gasteiger partial charge in [0.25, 0.3) is 0 Å². The van der Waals surface area contributed by atoms with Crippen LogP contribution in [0.3, 0.4) is 0 Å². The molecule has 23 heavy (non-hydrogen) atoms. The lowest BCUT2D eigenvalue weighted by Gasteiger charge is -2.45. The van der Waals surface area contributed by atoms with Gasteiger partial charge in [-0.1, -0.05) is 43.4 Å². The summed E-state index contributed by atoms with van der Waals surface area (Å²) >= 11 is 0. The van der Waals surface area contributed by atoms with Crippen LogP contribution in [0, 0.1) is 5.92 Å². The molecule has 1 aromatic rings. The molecule has 0 radical (unpaired) electrons. The van der Waals surface area contributed by atoms with Gasteiger partial charge in [-0.3, -0.25) is 9.59 Å². The Labute approximate surface area is 151 Å². The second-order valence-electron chi connectivity index (χ2n) is 5.87. The van der Waals surface area contributed by atoms with Crippen molar-refractivity contribution in [3.63, 3.8) is 0 Å². The molecule has 1 saturated heterocycles. The molecular formula is C19H24N2O2. The van der Waals surface area contributed by atoms with Gasteiger partial charge in [-0.25, -0.2) is 0 Å². The summed E-state index contributed by atoms with van der Waals surface area (Å²) < 4.78 is 81.1. The fourth-order valence-electron chi connectivity index (χ4n) is 3.43. The van der Waals surface area contributed by atoms with E-state index >= 15 is 0 Å². The van der Waals surface area contributed by atoms with Gasteiger partial charge < -0.3 is 9.80 Å². The van der Waals surface area contributed by atoms with Crippen LogP contribution < -0.4 is 0 Å². The van der Waals surface area contributed by atoms with Gasteiger partial charge in [0.2, 0.25) is 11.8 Å². The number of amides is 2. The average Bonchev–Trinajstić information content (AvgIpc) is 2.71. The van der Waals surface area contributed by atoms with E-state index in [0.717, 1.165) is 16.0 Å². The number of carbonyl (C=O) groups excluding carboxylic acids is 2. The van der Waals surface area contributed by atoms with Crippen LogP contribution in [0.25, 0.3) is 0 Å². The van der Waals surface area contributed by atoms with Crippen molar-refractivity contribution in [2.75, 3.05) is 19.6 Å². The first-order valence-electron chi connectivity index (χ1n) is 12.7. The van der Waals surface area contributed by atoms with E-state index in [1.54, 1.807) is 11.0 Å². The Balaban J connectivity index is 1.75. The summed E-state index contributed by atoms with van der Waals surface area (Å²) in [6.07, 6.45) is -16.8. The minimum absolute atomic E-state index is 0.0802. The molecule has 3 aliphatic rings. The zero-order valence-corrected chi connectivity index (χ0v) is 12.5. The van der Waals surface area contributed by atoms with Crippen LogP contribution in [0.5, 0.6) is 0 Å². The lowest BCUT2D eigenvalue weighted by molar-refractivity contribution is -0.152. The molecular weight excluding hydrogens is 288 g/mol. The Bertz CT molecular complexity index is 982. The van der Waals surface area contributed by atoms with Crippen molar-refractivity contribution >= 4 is 11.8 Å². The molecule has 1 atom stereocenters. The highest BCUT2D eigenvalue weighted by atomic mass is 16.2. The molecule has 1 aliphatic carbocycles. The monoisotopic (exact) mass is 322 g/mol. The Hall–Kier alpha value is -1.84. The fraction of sp³-hybridized carbons (Fsp3) is 0.579. The van der Waals surface area contributed by atoms with Crippen molar-refractivity contribution in [2.24, 2.45) is 5.92 Å². The number of carbonyl (C=O) groups is 2. The van der Waals surface area contributed by atoms with E-state index in [4.69, 9.17) is 13.7 Å². The van der Waals surface area contributed by atoms with Gasteiger partial charge in [0.05, 0.1) is 12.6 Å². The van der Waals surface area contributed by atoms with Gasteiger partial charge in [0.15, 0.2) is 0 Å². The van der Waals surface area contributed by atoms with E-state index in [0.29, 0.717) is 13.0 Å². The molecule has 1 aromatic carbocycles. The molecule has 1 saturated carbocycles. The summed E-state index contributed by atoms with van der Waals surface area (Å²) in [7, 11) is 0. The van der Waals surface area contributed by atoms with Crippen LogP contribution in [-0.2, 0) is 16.0 Å². The number of nitrogens with zero attached hydrogens (tertiary/aromatic N) is 2. The van der Waals surface area contributed by atoms with Crippen molar-refractivity contribution in [3.05, 3.63) is 35.4 Å². The maximum atomic E-state index is 13.5. The number of rotatable bonds is 1. The SMILES string of the molecule is [2H]C1([2H])C(C(=O)N2CC(=O)N3CCc4ccccc4C3C2)C([2H])([2H])C([2H])([2H])C([2H])([2H])C1([2H])[2H]. The molecule has 2 fully saturated rings. The van der Waals surface area contributed by atoms with Crippen LogP contribution in [0.4, 0.5) is 0 Å². The lowest BCUT2D eigenvalue weighted by atomic mass is 9.87. The highest BCUT2D eigenvalue weighted by Gasteiger charge is 2.39. The summed E-state index contributed by atoms with van der Waals surface area (Å²) in [6, 6.07) is 6.82. The van der Waals surface area contributed by atoms with E-state index in [-0.39, 0.29) is 6.54 Å². The molecule has 4 rings (SSSR count). The first-order valence-corrected chi connectivity index (χ1v) is 7.66. The average molecular weight is 322 g/mol. The number of benzene rings is 1. The largest absolute Gasteiger partial charge is 0.332 e. The molecule has 122 valence electrons. The zero-order valence-electron chi connectivity index (χ0n) is 22.5. The quantitative estimate of drug-likeness (QED) is 0.797. The third kappa shape index (κ3) is 2.64. The molecule has 0 bridgehead atoms. The van der Waals surface area contributed by atoms with Crippen LogP contribution in [0.2, 0.25) is 0 Å². The fourth-order valence-corrected chi connectivity index (χ4v) is 3.43. The summed E-state index contributed by atoms with van der Waals surface area (Å²) in [5.41, 5.74) is 1.80. The second kappa shape index (κ2) is 5.99. The molecule has 0 spiro atoms. The smallest absolute Gasteiger partial charge is 0.242 e. The van der Waals surface area contributed by atoms with Crippen molar-refractivity contribution < 1.29 is 23.3 Å². The van der Waals surface area contributed by atoms with E-state index < -0.39 is 62.2 Å². The Morgan fingerprint density at radius 2 is 1.96 bits per heavy atom. The molecule has 1 unspecified atom stereocenters. The predicted molar refractivity (Wildman–Crippen MR) is 87.8 cm³/mol. The minimum atomic E-state index is -3.57. The van der Waals surface area contributed by atoms with Gasteiger partial charge in [0.1, 0.15) is 0 Å². The normalized spacial score (nSPS) is 42.4. The molecule has 4 nitrogen and oxygen atoms in total. The molecule has 2 heterocycles. The highest BCUT2D eigenvalue weighted by molar-refractivity contribution is 5.87. The van der Waals surface area contributed by atoms with Gasteiger partial charge in [-0.15, -0.1) is 0 Å². The predicted octanol–water partition coefficient (Wildman–Crippen LogP) is 2.53. The number of hydrogen-bond donors (Lipinski definition) is 0. The van der Waals surface area contributed by atoms with Gasteiger partial charge in [-0.2, -0.15) is 0 Å². The zero-order chi connectivity index (χ0) is 24.8. The Morgan fingerprint density at radius 3 is 2.78 bits per heavy atom. The topological polar surface area (TPSA) is 40.6 Å². The van der Waals surface area contributed by atoms with Crippen LogP contribution >= 0.6 is 0 Å². The molecule has 2 amide bonds. The first-order chi connectivity index (χ1) is 15.0. The van der Waals surface area contributed by atoms with Crippen molar-refractivity contribution in [1.82, 2.24) is 9.80 Å². The standard InChI is InChI=1S/C19H24N2O2/c22-18-13-20(19(23)15-7-2-1-3-8-15)12-17-16-9-5-4-6-14(16)10-11-21(17)18/h4-6,9,15,17H,1-3,7-8,10-13H2/i1D2,2D2,3D2,7D2,8D2. The second-order valence-corrected chi connectivity index (χ2v) is 5.87. The van der Waals surface area contributed by atoms with E-state index in [2.05, 4.69) is 0 Å². The lowest BCUT2D eigenvalue weighted by Crippen LogP contribution is -2.56. The number of piperazine rings is 1. The van der Waals surface area contributed by atoms with Crippen molar-refractivity contribution in [3.8, 4) is 0 Å². The van der Waals surface area contributed by atoms with Gasteiger partial charge >= 0.3 is 0 Å². The van der Waals surface area contributed by atoms with Gasteiger partial charge in [-0.05, 0) is 30.3 Å². The minimum Gasteiger partial charge on any atom is -0.332 e. The third-order valence-electron chi connectivity index (χ3n) is 4.57. The van der Waals surface area contributed by atoms with Crippen LogP contribution in [0.1, 0.15) is 62.7 Å². The molecule has 0 aromatic heterocycles. The van der Waals surface area contributed by atoms with E-state index in [1.165, 1.54) is 0 Å². The summed E-state index contributed by atoms with van der Waals surface area (Å²) in [4.78, 5) is 28.9. The maximum absolute atomic E-state index is 13.5. The number of fused-ring (bicyclic) bond motifs is 3. The first kappa shape index (κ1) is 7.37. The summed E-state index contributed by atoms with van der Waals surface area (Å²) in [5.74, 6) is -4.17. The highest BCUT2D eigenvalue weighted by Crippen LogP contribution is 2.34. The summed E-state index contributed by atoms with van der Waals surface area (Å²) in [5, 5.41) is 0. The van der Waals surface area contributed by atoms with Crippen LogP contribution in [-0.4, -0.2) is 41.2 Å². The Kier molecular flexibility index (Phi) is 1.92. The molecule has 2 aliphatic heterocycles.